The fraction of sp³-hybridized carbons (Fsp3) is 0.600. The Balaban J connectivity index is 1.78. The standard InChI is InChI=1S/C15H22N2/c16-15-11-13(17-8-4-1-5-9-17)10-12-6-2-3-7-14(12)15/h2-3,6-7,13,15H,1,4-5,8-11,16H2. The Labute approximate surface area is 104 Å². The van der Waals surface area contributed by atoms with E-state index in [1.54, 1.807) is 0 Å². The van der Waals surface area contributed by atoms with Crippen molar-refractivity contribution < 1.29 is 0 Å². The van der Waals surface area contributed by atoms with Crippen LogP contribution in [0.5, 0.6) is 0 Å². The Hall–Kier alpha value is -0.860. The van der Waals surface area contributed by atoms with Crippen LogP contribution in [-0.4, -0.2) is 24.0 Å². The number of nitrogens with two attached hydrogens (primary N) is 1. The van der Waals surface area contributed by atoms with Gasteiger partial charge in [0, 0.05) is 12.1 Å². The summed E-state index contributed by atoms with van der Waals surface area (Å²) in [6.45, 7) is 2.55. The van der Waals surface area contributed by atoms with Gasteiger partial charge in [0.1, 0.15) is 0 Å². The van der Waals surface area contributed by atoms with Gasteiger partial charge >= 0.3 is 0 Å². The van der Waals surface area contributed by atoms with Crippen LogP contribution in [0.25, 0.3) is 0 Å². The summed E-state index contributed by atoms with van der Waals surface area (Å²) < 4.78 is 0. The number of rotatable bonds is 1. The van der Waals surface area contributed by atoms with Crippen LogP contribution in [0.4, 0.5) is 0 Å². The van der Waals surface area contributed by atoms with E-state index in [-0.39, 0.29) is 6.04 Å². The van der Waals surface area contributed by atoms with Crippen molar-refractivity contribution in [3.05, 3.63) is 35.4 Å². The van der Waals surface area contributed by atoms with Crippen molar-refractivity contribution in [1.29, 1.82) is 0 Å². The van der Waals surface area contributed by atoms with Gasteiger partial charge in [-0.1, -0.05) is 30.7 Å². The quantitative estimate of drug-likeness (QED) is 0.803. The Bertz CT molecular complexity index is 382. The largest absolute Gasteiger partial charge is 0.324 e. The molecule has 1 aliphatic heterocycles. The van der Waals surface area contributed by atoms with E-state index < -0.39 is 0 Å². The molecule has 1 aromatic carbocycles. The van der Waals surface area contributed by atoms with Crippen molar-refractivity contribution in [2.45, 2.75) is 44.2 Å². The maximum atomic E-state index is 6.32. The van der Waals surface area contributed by atoms with Crippen molar-refractivity contribution in [2.75, 3.05) is 13.1 Å². The van der Waals surface area contributed by atoms with Gasteiger partial charge in [0.15, 0.2) is 0 Å². The molecule has 2 unspecified atom stereocenters. The molecule has 0 aromatic heterocycles. The summed E-state index contributed by atoms with van der Waals surface area (Å²) in [5.41, 5.74) is 9.17. The van der Waals surface area contributed by atoms with Crippen molar-refractivity contribution in [2.24, 2.45) is 5.73 Å². The lowest BCUT2D eigenvalue weighted by molar-refractivity contribution is 0.142. The van der Waals surface area contributed by atoms with Gasteiger partial charge in [-0.2, -0.15) is 0 Å². The SMILES string of the molecule is NC1CC(N2CCCCC2)Cc2ccccc21. The number of piperidine rings is 1. The van der Waals surface area contributed by atoms with Gasteiger partial charge in [-0.15, -0.1) is 0 Å². The molecule has 2 N–H and O–H groups in total. The van der Waals surface area contributed by atoms with Gasteiger partial charge in [-0.3, -0.25) is 4.90 Å². The van der Waals surface area contributed by atoms with Gasteiger partial charge in [0.2, 0.25) is 0 Å². The van der Waals surface area contributed by atoms with Crippen LogP contribution in [0.1, 0.15) is 42.9 Å². The smallest absolute Gasteiger partial charge is 0.0312 e. The molecule has 1 heterocycles. The zero-order chi connectivity index (χ0) is 11.7. The predicted octanol–water partition coefficient (Wildman–Crippen LogP) is 2.49. The van der Waals surface area contributed by atoms with Crippen LogP contribution in [0.2, 0.25) is 0 Å². The average Bonchev–Trinajstić information content (AvgIpc) is 2.40. The normalized spacial score (nSPS) is 29.9. The molecule has 2 heteroatoms. The maximum absolute atomic E-state index is 6.32. The fourth-order valence-electron chi connectivity index (χ4n) is 3.40. The molecule has 2 nitrogen and oxygen atoms in total. The lowest BCUT2D eigenvalue weighted by Gasteiger charge is -2.39. The third kappa shape index (κ3) is 2.24. The molecule has 1 fully saturated rings. The van der Waals surface area contributed by atoms with Crippen molar-refractivity contribution in [1.82, 2.24) is 4.90 Å². The predicted molar refractivity (Wildman–Crippen MR) is 70.9 cm³/mol. The molecule has 1 aliphatic carbocycles. The summed E-state index contributed by atoms with van der Waals surface area (Å²) in [6, 6.07) is 9.63. The minimum Gasteiger partial charge on any atom is -0.324 e. The van der Waals surface area contributed by atoms with Crippen molar-refractivity contribution >= 4 is 0 Å². The molecule has 2 aliphatic rings. The third-order valence-corrected chi connectivity index (χ3v) is 4.34. The first-order valence-corrected chi connectivity index (χ1v) is 6.92. The molecule has 92 valence electrons. The highest BCUT2D eigenvalue weighted by Gasteiger charge is 2.28. The Kier molecular flexibility index (Phi) is 3.17. The number of benzene rings is 1. The molecule has 17 heavy (non-hydrogen) atoms. The van der Waals surface area contributed by atoms with E-state index >= 15 is 0 Å². The summed E-state index contributed by atoms with van der Waals surface area (Å²) in [4.78, 5) is 2.67. The Morgan fingerprint density at radius 2 is 1.82 bits per heavy atom. The van der Waals surface area contributed by atoms with E-state index in [1.165, 1.54) is 49.9 Å². The first-order valence-electron chi connectivity index (χ1n) is 6.92. The highest BCUT2D eigenvalue weighted by molar-refractivity contribution is 5.33. The number of fused-ring (bicyclic) bond motifs is 1. The van der Waals surface area contributed by atoms with E-state index in [4.69, 9.17) is 5.73 Å². The molecule has 0 radical (unpaired) electrons. The second-order valence-electron chi connectivity index (χ2n) is 5.50. The van der Waals surface area contributed by atoms with E-state index in [1.807, 2.05) is 0 Å². The summed E-state index contributed by atoms with van der Waals surface area (Å²) in [6.07, 6.45) is 6.48. The van der Waals surface area contributed by atoms with Gasteiger partial charge in [-0.05, 0) is 49.9 Å². The molecule has 0 saturated carbocycles. The van der Waals surface area contributed by atoms with Crippen LogP contribution in [0, 0.1) is 0 Å². The van der Waals surface area contributed by atoms with Crippen molar-refractivity contribution in [3.63, 3.8) is 0 Å². The van der Waals surface area contributed by atoms with Gasteiger partial charge in [-0.25, -0.2) is 0 Å². The molecular weight excluding hydrogens is 208 g/mol. The van der Waals surface area contributed by atoms with Crippen LogP contribution >= 0.6 is 0 Å². The Morgan fingerprint density at radius 1 is 1.06 bits per heavy atom. The minimum atomic E-state index is 0.242. The molecular formula is C15H22N2. The van der Waals surface area contributed by atoms with E-state index in [2.05, 4.69) is 29.2 Å². The first-order chi connectivity index (χ1) is 8.34. The van der Waals surface area contributed by atoms with Crippen LogP contribution in [-0.2, 0) is 6.42 Å². The molecule has 3 rings (SSSR count). The summed E-state index contributed by atoms with van der Waals surface area (Å²) in [5.74, 6) is 0. The topological polar surface area (TPSA) is 29.3 Å². The number of likely N-dealkylation sites (tertiary alicyclic amines) is 1. The molecule has 0 bridgehead atoms. The molecule has 2 atom stereocenters. The maximum Gasteiger partial charge on any atom is 0.0312 e. The van der Waals surface area contributed by atoms with E-state index in [9.17, 15) is 0 Å². The van der Waals surface area contributed by atoms with Gasteiger partial charge < -0.3 is 5.73 Å². The van der Waals surface area contributed by atoms with Gasteiger partial charge in [0.25, 0.3) is 0 Å². The Morgan fingerprint density at radius 3 is 2.65 bits per heavy atom. The van der Waals surface area contributed by atoms with Crippen LogP contribution in [0.15, 0.2) is 24.3 Å². The zero-order valence-corrected chi connectivity index (χ0v) is 10.4. The highest BCUT2D eigenvalue weighted by Crippen LogP contribution is 2.31. The highest BCUT2D eigenvalue weighted by atomic mass is 15.2. The minimum absolute atomic E-state index is 0.242. The second-order valence-corrected chi connectivity index (χ2v) is 5.50. The molecule has 1 saturated heterocycles. The number of hydrogen-bond donors (Lipinski definition) is 1. The van der Waals surface area contributed by atoms with Crippen LogP contribution in [0.3, 0.4) is 0 Å². The summed E-state index contributed by atoms with van der Waals surface area (Å²) >= 11 is 0. The molecule has 1 aromatic rings. The lowest BCUT2D eigenvalue weighted by Crippen LogP contribution is -2.44. The van der Waals surface area contributed by atoms with Crippen LogP contribution < -0.4 is 5.73 Å². The fourth-order valence-corrected chi connectivity index (χ4v) is 3.40. The summed E-state index contributed by atoms with van der Waals surface area (Å²) in [7, 11) is 0. The zero-order valence-electron chi connectivity index (χ0n) is 10.4. The second kappa shape index (κ2) is 4.79. The average molecular weight is 230 g/mol. The number of hydrogen-bond acceptors (Lipinski definition) is 2. The van der Waals surface area contributed by atoms with E-state index in [0.29, 0.717) is 6.04 Å². The van der Waals surface area contributed by atoms with E-state index in [0.717, 1.165) is 6.42 Å². The first kappa shape index (κ1) is 11.2. The lowest BCUT2D eigenvalue weighted by atomic mass is 9.84. The molecule has 0 amide bonds. The monoisotopic (exact) mass is 230 g/mol. The van der Waals surface area contributed by atoms with Crippen molar-refractivity contribution in [3.8, 4) is 0 Å². The summed E-state index contributed by atoms with van der Waals surface area (Å²) in [5, 5.41) is 0. The third-order valence-electron chi connectivity index (χ3n) is 4.34. The molecule has 0 spiro atoms. The number of nitrogens with zero attached hydrogens (tertiary/aromatic N) is 1. The van der Waals surface area contributed by atoms with Gasteiger partial charge in [0.05, 0.1) is 0 Å².